The lowest BCUT2D eigenvalue weighted by molar-refractivity contribution is -0.274. The number of benzene rings is 1. The van der Waals surface area contributed by atoms with Crippen LogP contribution in [-0.2, 0) is 0 Å². The quantitative estimate of drug-likeness (QED) is 0.901. The van der Waals surface area contributed by atoms with E-state index < -0.39 is 6.36 Å². The van der Waals surface area contributed by atoms with Gasteiger partial charge in [0.2, 0.25) is 0 Å². The molecule has 122 valence electrons. The van der Waals surface area contributed by atoms with Crippen molar-refractivity contribution in [3.63, 3.8) is 0 Å². The Balaban J connectivity index is 1.91. The van der Waals surface area contributed by atoms with Gasteiger partial charge in [-0.25, -0.2) is 4.79 Å². The number of ether oxygens (including phenoxy) is 1. The second kappa shape index (κ2) is 6.87. The summed E-state index contributed by atoms with van der Waals surface area (Å²) in [5.74, 6) is -0.322. The molecule has 1 saturated heterocycles. The van der Waals surface area contributed by atoms with E-state index in [0.29, 0.717) is 5.69 Å². The summed E-state index contributed by atoms with van der Waals surface area (Å²) >= 11 is 0. The second-order valence-electron chi connectivity index (χ2n) is 5.09. The van der Waals surface area contributed by atoms with Crippen molar-refractivity contribution in [3.8, 4) is 5.75 Å². The molecule has 0 radical (unpaired) electrons. The molecule has 1 heterocycles. The molecule has 2 amide bonds. The molecule has 0 atom stereocenters. The fourth-order valence-corrected chi connectivity index (χ4v) is 2.31. The van der Waals surface area contributed by atoms with Crippen LogP contribution < -0.4 is 15.4 Å². The Kier molecular flexibility index (Phi) is 5.12. The van der Waals surface area contributed by atoms with Crippen molar-refractivity contribution < 1.29 is 22.7 Å². The van der Waals surface area contributed by atoms with Crippen molar-refractivity contribution in [3.05, 3.63) is 24.3 Å². The molecule has 22 heavy (non-hydrogen) atoms. The number of carbonyl (C=O) groups excluding carboxylic acids is 1. The highest BCUT2D eigenvalue weighted by atomic mass is 19.4. The lowest BCUT2D eigenvalue weighted by Gasteiger charge is -2.31. The Morgan fingerprint density at radius 3 is 2.41 bits per heavy atom. The molecule has 5 nitrogen and oxygen atoms in total. The molecule has 0 saturated carbocycles. The zero-order valence-corrected chi connectivity index (χ0v) is 12.1. The van der Waals surface area contributed by atoms with Crippen LogP contribution in [0.3, 0.4) is 0 Å². The Labute approximate surface area is 126 Å². The summed E-state index contributed by atoms with van der Waals surface area (Å²) in [4.78, 5) is 13.7. The van der Waals surface area contributed by atoms with Gasteiger partial charge < -0.3 is 20.3 Å². The van der Waals surface area contributed by atoms with Gasteiger partial charge in [0.25, 0.3) is 0 Å². The molecule has 1 aliphatic rings. The summed E-state index contributed by atoms with van der Waals surface area (Å²) in [6.07, 6.45) is -2.97. The largest absolute Gasteiger partial charge is 0.573 e. The van der Waals surface area contributed by atoms with E-state index in [0.717, 1.165) is 38.1 Å². The van der Waals surface area contributed by atoms with Crippen molar-refractivity contribution in [2.45, 2.75) is 25.2 Å². The van der Waals surface area contributed by atoms with Gasteiger partial charge in [-0.2, -0.15) is 0 Å². The summed E-state index contributed by atoms with van der Waals surface area (Å²) in [5.41, 5.74) is 0.417. The molecule has 1 fully saturated rings. The smallest absolute Gasteiger partial charge is 0.406 e. The van der Waals surface area contributed by atoms with Gasteiger partial charge in [-0.1, -0.05) is 0 Å². The van der Waals surface area contributed by atoms with E-state index in [-0.39, 0.29) is 17.8 Å². The summed E-state index contributed by atoms with van der Waals surface area (Å²) in [7, 11) is 1.71. The summed E-state index contributed by atoms with van der Waals surface area (Å²) < 4.78 is 40.0. The number of urea groups is 1. The normalized spacial score (nSPS) is 16.2. The zero-order valence-electron chi connectivity index (χ0n) is 12.1. The fourth-order valence-electron chi connectivity index (χ4n) is 2.31. The Morgan fingerprint density at radius 2 is 1.86 bits per heavy atom. The number of alkyl halides is 3. The van der Waals surface area contributed by atoms with Crippen LogP contribution in [0.25, 0.3) is 0 Å². The molecular formula is C14H18F3N3O2. The predicted molar refractivity (Wildman–Crippen MR) is 75.8 cm³/mol. The molecule has 0 spiro atoms. The van der Waals surface area contributed by atoms with Crippen molar-refractivity contribution in [2.75, 3.05) is 25.5 Å². The Morgan fingerprint density at radius 1 is 1.27 bits per heavy atom. The van der Waals surface area contributed by atoms with Crippen molar-refractivity contribution in [1.29, 1.82) is 0 Å². The van der Waals surface area contributed by atoms with E-state index >= 15 is 0 Å². The standard InChI is InChI=1S/C14H18F3N3O2/c1-20(11-6-8-18-9-7-11)13(21)19-10-2-4-12(5-3-10)22-14(15,16)17/h2-5,11,18H,6-9H2,1H3,(H,19,21). The van der Waals surface area contributed by atoms with Crippen LogP contribution >= 0.6 is 0 Å². The number of carbonyl (C=O) groups is 1. The Bertz CT molecular complexity index is 499. The first-order chi connectivity index (χ1) is 10.3. The molecule has 2 N–H and O–H groups in total. The van der Waals surface area contributed by atoms with Gasteiger partial charge in [0.15, 0.2) is 0 Å². The maximum Gasteiger partial charge on any atom is 0.573 e. The van der Waals surface area contributed by atoms with Gasteiger partial charge in [0.05, 0.1) is 0 Å². The lowest BCUT2D eigenvalue weighted by Crippen LogP contribution is -2.45. The number of nitrogens with one attached hydrogen (secondary N) is 2. The number of rotatable bonds is 3. The highest BCUT2D eigenvalue weighted by Crippen LogP contribution is 2.24. The van der Waals surface area contributed by atoms with E-state index in [4.69, 9.17) is 0 Å². The summed E-state index contributed by atoms with van der Waals surface area (Å²) in [5, 5.41) is 5.88. The third-order valence-electron chi connectivity index (χ3n) is 3.52. The van der Waals surface area contributed by atoms with Crippen LogP contribution in [0, 0.1) is 0 Å². The molecule has 1 aromatic rings. The van der Waals surface area contributed by atoms with E-state index in [2.05, 4.69) is 15.4 Å². The number of hydrogen-bond donors (Lipinski definition) is 2. The minimum atomic E-state index is -4.72. The van der Waals surface area contributed by atoms with Crippen LogP contribution in [0.15, 0.2) is 24.3 Å². The summed E-state index contributed by atoms with van der Waals surface area (Å²) in [6.45, 7) is 1.73. The predicted octanol–water partition coefficient (Wildman–Crippen LogP) is 2.80. The molecule has 0 bridgehead atoms. The molecule has 2 rings (SSSR count). The van der Waals surface area contributed by atoms with Crippen LogP contribution in [0.1, 0.15) is 12.8 Å². The van der Waals surface area contributed by atoms with E-state index in [1.165, 1.54) is 12.1 Å². The van der Waals surface area contributed by atoms with E-state index in [1.807, 2.05) is 0 Å². The number of amides is 2. The molecule has 8 heteroatoms. The lowest BCUT2D eigenvalue weighted by atomic mass is 10.1. The fraction of sp³-hybridized carbons (Fsp3) is 0.500. The molecule has 0 aromatic heterocycles. The average molecular weight is 317 g/mol. The van der Waals surface area contributed by atoms with Gasteiger partial charge in [-0.15, -0.1) is 13.2 Å². The topological polar surface area (TPSA) is 53.6 Å². The van der Waals surface area contributed by atoms with Gasteiger partial charge in [0, 0.05) is 18.8 Å². The SMILES string of the molecule is CN(C(=O)Nc1ccc(OC(F)(F)F)cc1)C1CCNCC1. The van der Waals surface area contributed by atoms with Crippen LogP contribution in [0.5, 0.6) is 5.75 Å². The van der Waals surface area contributed by atoms with Crippen molar-refractivity contribution in [2.24, 2.45) is 0 Å². The third kappa shape index (κ3) is 4.80. The number of anilines is 1. The molecule has 0 unspecified atom stereocenters. The number of nitrogens with zero attached hydrogens (tertiary/aromatic N) is 1. The first-order valence-electron chi connectivity index (χ1n) is 6.95. The minimum Gasteiger partial charge on any atom is -0.406 e. The maximum absolute atomic E-state index is 12.1. The summed E-state index contributed by atoms with van der Waals surface area (Å²) in [6, 6.07) is 4.94. The number of hydrogen-bond acceptors (Lipinski definition) is 3. The molecule has 0 aliphatic carbocycles. The van der Waals surface area contributed by atoms with Crippen LogP contribution in [-0.4, -0.2) is 43.5 Å². The monoisotopic (exact) mass is 317 g/mol. The van der Waals surface area contributed by atoms with Gasteiger partial charge >= 0.3 is 12.4 Å². The average Bonchev–Trinajstić information content (AvgIpc) is 2.48. The van der Waals surface area contributed by atoms with E-state index in [1.54, 1.807) is 11.9 Å². The third-order valence-corrected chi connectivity index (χ3v) is 3.52. The van der Waals surface area contributed by atoms with Gasteiger partial charge in [-0.3, -0.25) is 0 Å². The van der Waals surface area contributed by atoms with Crippen molar-refractivity contribution >= 4 is 11.7 Å². The van der Waals surface area contributed by atoms with Gasteiger partial charge in [0.1, 0.15) is 5.75 Å². The first-order valence-corrected chi connectivity index (χ1v) is 6.95. The first kappa shape index (κ1) is 16.4. The van der Waals surface area contributed by atoms with Crippen molar-refractivity contribution in [1.82, 2.24) is 10.2 Å². The van der Waals surface area contributed by atoms with E-state index in [9.17, 15) is 18.0 Å². The molecular weight excluding hydrogens is 299 g/mol. The maximum atomic E-state index is 12.1. The van der Waals surface area contributed by atoms with Gasteiger partial charge in [-0.05, 0) is 50.2 Å². The van der Waals surface area contributed by atoms with Crippen LogP contribution in [0.4, 0.5) is 23.7 Å². The molecule has 1 aliphatic heterocycles. The number of halogens is 3. The minimum absolute atomic E-state index is 0.161. The zero-order chi connectivity index (χ0) is 16.2. The highest BCUT2D eigenvalue weighted by Gasteiger charge is 2.31. The number of piperidine rings is 1. The Hall–Kier alpha value is -1.96. The highest BCUT2D eigenvalue weighted by molar-refractivity contribution is 5.89. The second-order valence-corrected chi connectivity index (χ2v) is 5.09. The molecule has 1 aromatic carbocycles. The van der Waals surface area contributed by atoms with Crippen LogP contribution in [0.2, 0.25) is 0 Å².